The van der Waals surface area contributed by atoms with Gasteiger partial charge in [-0.1, -0.05) is 22.0 Å². The number of amides is 2. The number of rotatable bonds is 5. The summed E-state index contributed by atoms with van der Waals surface area (Å²) in [5, 5.41) is 2.99. The normalized spacial score (nSPS) is 15.3. The second kappa shape index (κ2) is 8.85. The molecule has 1 saturated heterocycles. The van der Waals surface area contributed by atoms with Gasteiger partial charge in [-0.25, -0.2) is 0 Å². The summed E-state index contributed by atoms with van der Waals surface area (Å²) in [6.45, 7) is 2.05. The molecule has 136 valence electrons. The van der Waals surface area contributed by atoms with Gasteiger partial charge in [0, 0.05) is 35.7 Å². The predicted molar refractivity (Wildman–Crippen MR) is 104 cm³/mol. The van der Waals surface area contributed by atoms with Gasteiger partial charge in [0.05, 0.1) is 6.26 Å². The van der Waals surface area contributed by atoms with Crippen molar-refractivity contribution >= 4 is 33.8 Å². The molecule has 1 fully saturated rings. The summed E-state index contributed by atoms with van der Waals surface area (Å²) in [5.41, 5.74) is 0.648. The lowest BCUT2D eigenvalue weighted by molar-refractivity contribution is -0.127. The standard InChI is InChI=1S/C20H21BrN2O3/c21-17-4-1-3-16(13-17)20(25)22-14-15-8-10-23(11-9-15)19(24)7-6-18-5-2-12-26-18/h1-7,12-13,15H,8-11,14H2,(H,22,25)/b7-6+. The molecule has 0 bridgehead atoms. The molecule has 0 spiro atoms. The summed E-state index contributed by atoms with van der Waals surface area (Å²) in [6.07, 6.45) is 6.59. The number of benzene rings is 1. The Morgan fingerprint density at radius 2 is 2.04 bits per heavy atom. The van der Waals surface area contributed by atoms with Crippen LogP contribution in [0.5, 0.6) is 0 Å². The van der Waals surface area contributed by atoms with E-state index in [2.05, 4.69) is 21.2 Å². The average molecular weight is 417 g/mol. The van der Waals surface area contributed by atoms with Crippen LogP contribution in [-0.2, 0) is 4.79 Å². The van der Waals surface area contributed by atoms with Crippen LogP contribution in [0.15, 0.2) is 57.6 Å². The minimum absolute atomic E-state index is 0.00183. The zero-order chi connectivity index (χ0) is 18.4. The molecule has 2 aromatic rings. The second-order valence-electron chi connectivity index (χ2n) is 6.34. The van der Waals surface area contributed by atoms with E-state index in [4.69, 9.17) is 4.42 Å². The van der Waals surface area contributed by atoms with Crippen LogP contribution in [0.25, 0.3) is 6.08 Å². The summed E-state index contributed by atoms with van der Waals surface area (Å²) in [4.78, 5) is 26.2. The van der Waals surface area contributed by atoms with Gasteiger partial charge >= 0.3 is 0 Å². The van der Waals surface area contributed by atoms with Crippen molar-refractivity contribution in [3.63, 3.8) is 0 Å². The summed E-state index contributed by atoms with van der Waals surface area (Å²) in [6, 6.07) is 10.9. The van der Waals surface area contributed by atoms with E-state index in [0.29, 0.717) is 36.9 Å². The average Bonchev–Trinajstić information content (AvgIpc) is 3.18. The quantitative estimate of drug-likeness (QED) is 0.755. The molecule has 1 aromatic carbocycles. The highest BCUT2D eigenvalue weighted by Crippen LogP contribution is 2.18. The molecule has 1 N–H and O–H groups in total. The highest BCUT2D eigenvalue weighted by Gasteiger charge is 2.22. The molecule has 1 aliphatic heterocycles. The number of hydrogen-bond acceptors (Lipinski definition) is 3. The van der Waals surface area contributed by atoms with E-state index in [0.717, 1.165) is 17.3 Å². The highest BCUT2D eigenvalue weighted by atomic mass is 79.9. The van der Waals surface area contributed by atoms with Crippen molar-refractivity contribution < 1.29 is 14.0 Å². The van der Waals surface area contributed by atoms with Crippen molar-refractivity contribution in [2.75, 3.05) is 19.6 Å². The van der Waals surface area contributed by atoms with Gasteiger partial charge in [0.15, 0.2) is 0 Å². The smallest absolute Gasteiger partial charge is 0.251 e. The third-order valence-electron chi connectivity index (χ3n) is 4.50. The molecule has 2 heterocycles. The fourth-order valence-electron chi connectivity index (χ4n) is 2.97. The maximum atomic E-state index is 12.2. The SMILES string of the molecule is O=C(NCC1CCN(C(=O)/C=C/c2ccco2)CC1)c1cccc(Br)c1. The molecule has 0 unspecified atom stereocenters. The molecule has 1 aliphatic rings. The van der Waals surface area contributed by atoms with E-state index in [1.165, 1.54) is 0 Å². The first-order chi connectivity index (χ1) is 12.6. The second-order valence-corrected chi connectivity index (χ2v) is 7.25. The van der Waals surface area contributed by atoms with Crippen LogP contribution < -0.4 is 5.32 Å². The van der Waals surface area contributed by atoms with Gasteiger partial charge in [0.2, 0.25) is 5.91 Å². The van der Waals surface area contributed by atoms with Crippen molar-refractivity contribution in [3.8, 4) is 0 Å². The number of halogens is 1. The van der Waals surface area contributed by atoms with Gasteiger partial charge < -0.3 is 14.6 Å². The van der Waals surface area contributed by atoms with Crippen LogP contribution in [0.1, 0.15) is 29.0 Å². The van der Waals surface area contributed by atoms with Crippen LogP contribution in [0.2, 0.25) is 0 Å². The monoisotopic (exact) mass is 416 g/mol. The molecule has 5 nitrogen and oxygen atoms in total. The Labute approximate surface area is 161 Å². The molecular weight excluding hydrogens is 396 g/mol. The Kier molecular flexibility index (Phi) is 6.28. The molecule has 2 amide bonds. The lowest BCUT2D eigenvalue weighted by Gasteiger charge is -2.31. The van der Waals surface area contributed by atoms with Crippen LogP contribution in [0.3, 0.4) is 0 Å². The first-order valence-electron chi connectivity index (χ1n) is 8.66. The van der Waals surface area contributed by atoms with E-state index < -0.39 is 0 Å². The first kappa shape index (κ1) is 18.5. The van der Waals surface area contributed by atoms with Gasteiger partial charge in [0.25, 0.3) is 5.91 Å². The number of carbonyl (C=O) groups excluding carboxylic acids is 2. The zero-order valence-corrected chi connectivity index (χ0v) is 15.9. The van der Waals surface area contributed by atoms with E-state index in [1.54, 1.807) is 30.5 Å². The molecule has 0 radical (unpaired) electrons. The number of likely N-dealkylation sites (tertiary alicyclic amines) is 1. The molecule has 0 saturated carbocycles. The molecule has 0 atom stereocenters. The van der Waals surface area contributed by atoms with Crippen LogP contribution >= 0.6 is 15.9 Å². The van der Waals surface area contributed by atoms with Crippen LogP contribution in [0.4, 0.5) is 0 Å². The number of nitrogens with one attached hydrogen (secondary N) is 1. The first-order valence-corrected chi connectivity index (χ1v) is 9.45. The number of carbonyl (C=O) groups is 2. The van der Waals surface area contributed by atoms with E-state index in [-0.39, 0.29) is 11.8 Å². The van der Waals surface area contributed by atoms with Gasteiger partial charge in [-0.15, -0.1) is 0 Å². The van der Waals surface area contributed by atoms with Crippen molar-refractivity contribution in [3.05, 3.63) is 64.5 Å². The van der Waals surface area contributed by atoms with Gasteiger partial charge in [0.1, 0.15) is 5.76 Å². The summed E-state index contributed by atoms with van der Waals surface area (Å²) in [5.74, 6) is 0.997. The number of furan rings is 1. The van der Waals surface area contributed by atoms with Gasteiger partial charge in [-0.2, -0.15) is 0 Å². The Balaban J connectivity index is 1.42. The van der Waals surface area contributed by atoms with Gasteiger partial charge in [-0.3, -0.25) is 9.59 Å². The molecule has 3 rings (SSSR count). The number of piperidine rings is 1. The third kappa shape index (κ3) is 5.08. The maximum Gasteiger partial charge on any atom is 0.251 e. The molecule has 1 aromatic heterocycles. The molecule has 0 aliphatic carbocycles. The lowest BCUT2D eigenvalue weighted by atomic mass is 9.96. The summed E-state index contributed by atoms with van der Waals surface area (Å²) in [7, 11) is 0. The third-order valence-corrected chi connectivity index (χ3v) is 4.99. The summed E-state index contributed by atoms with van der Waals surface area (Å²) >= 11 is 3.37. The lowest BCUT2D eigenvalue weighted by Crippen LogP contribution is -2.40. The van der Waals surface area contributed by atoms with E-state index in [9.17, 15) is 9.59 Å². The maximum absolute atomic E-state index is 12.2. The summed E-state index contributed by atoms with van der Waals surface area (Å²) < 4.78 is 6.07. The van der Waals surface area contributed by atoms with Crippen LogP contribution in [0, 0.1) is 5.92 Å². The topological polar surface area (TPSA) is 62.6 Å². The molecule has 6 heteroatoms. The van der Waals surface area contributed by atoms with Crippen molar-refractivity contribution in [1.82, 2.24) is 10.2 Å². The highest BCUT2D eigenvalue weighted by molar-refractivity contribution is 9.10. The molecular formula is C20H21BrN2O3. The Morgan fingerprint density at radius 3 is 2.73 bits per heavy atom. The zero-order valence-electron chi connectivity index (χ0n) is 14.4. The molecule has 26 heavy (non-hydrogen) atoms. The Bertz CT molecular complexity index is 778. The minimum Gasteiger partial charge on any atom is -0.465 e. The Morgan fingerprint density at radius 1 is 1.23 bits per heavy atom. The van der Waals surface area contributed by atoms with Gasteiger partial charge in [-0.05, 0) is 55.2 Å². The van der Waals surface area contributed by atoms with Crippen molar-refractivity contribution in [1.29, 1.82) is 0 Å². The Hall–Kier alpha value is -2.34. The predicted octanol–water partition coefficient (Wildman–Crippen LogP) is 3.72. The largest absolute Gasteiger partial charge is 0.465 e. The number of hydrogen-bond donors (Lipinski definition) is 1. The van der Waals surface area contributed by atoms with E-state index >= 15 is 0 Å². The fraction of sp³-hybridized carbons (Fsp3) is 0.300. The van der Waals surface area contributed by atoms with Crippen LogP contribution in [-0.4, -0.2) is 36.3 Å². The van der Waals surface area contributed by atoms with Crippen molar-refractivity contribution in [2.24, 2.45) is 5.92 Å². The number of nitrogens with zero attached hydrogens (tertiary/aromatic N) is 1. The van der Waals surface area contributed by atoms with E-state index in [1.807, 2.05) is 29.2 Å². The fourth-order valence-corrected chi connectivity index (χ4v) is 3.37. The minimum atomic E-state index is -0.0637. The van der Waals surface area contributed by atoms with Crippen molar-refractivity contribution in [2.45, 2.75) is 12.8 Å².